The minimum atomic E-state index is 0.698. The van der Waals surface area contributed by atoms with E-state index in [1.54, 1.807) is 6.20 Å². The molecule has 0 aliphatic heterocycles. The summed E-state index contributed by atoms with van der Waals surface area (Å²) in [5, 5.41) is 0. The van der Waals surface area contributed by atoms with Gasteiger partial charge in [0.25, 0.3) is 0 Å². The van der Waals surface area contributed by atoms with Gasteiger partial charge < -0.3 is 4.90 Å². The van der Waals surface area contributed by atoms with Crippen LogP contribution >= 0.6 is 15.9 Å². The molecule has 0 amide bonds. The summed E-state index contributed by atoms with van der Waals surface area (Å²) in [5.41, 5.74) is 10.1. The molecule has 0 unspecified atom stereocenters. The number of halogens is 1. The maximum atomic E-state index is 5.04. The van der Waals surface area contributed by atoms with E-state index in [1.807, 2.05) is 66.9 Å². The maximum Gasteiger partial charge on any atom is 0.160 e. The van der Waals surface area contributed by atoms with Gasteiger partial charge in [0.15, 0.2) is 5.82 Å². The Morgan fingerprint density at radius 2 is 1.00 bits per heavy atom. The second kappa shape index (κ2) is 12.5. The molecular weight excluding hydrogens is 604 g/mol. The zero-order valence-corrected chi connectivity index (χ0v) is 25.3. The number of benzene rings is 5. The Hall–Kier alpha value is -5.39. The van der Waals surface area contributed by atoms with Crippen LogP contribution in [0.2, 0.25) is 0 Å². The highest BCUT2D eigenvalue weighted by Gasteiger charge is 2.14. The van der Waals surface area contributed by atoms with Gasteiger partial charge in [-0.3, -0.25) is 4.98 Å². The van der Waals surface area contributed by atoms with Crippen molar-refractivity contribution in [2.75, 3.05) is 4.90 Å². The third kappa shape index (κ3) is 5.91. The maximum absolute atomic E-state index is 5.04. The lowest BCUT2D eigenvalue weighted by Crippen LogP contribution is -2.09. The van der Waals surface area contributed by atoms with Crippen LogP contribution in [0.1, 0.15) is 0 Å². The predicted octanol–water partition coefficient (Wildman–Crippen LogP) is 10.8. The van der Waals surface area contributed by atoms with Crippen LogP contribution < -0.4 is 4.90 Å². The normalized spacial score (nSPS) is 10.8. The molecule has 210 valence electrons. The van der Waals surface area contributed by atoms with Gasteiger partial charge in [-0.05, 0) is 71.8 Å². The first kappa shape index (κ1) is 27.4. The first-order valence-electron chi connectivity index (χ1n) is 14.4. The topological polar surface area (TPSA) is 41.9 Å². The summed E-state index contributed by atoms with van der Waals surface area (Å²) in [4.78, 5) is 16.6. The van der Waals surface area contributed by atoms with Crippen molar-refractivity contribution >= 4 is 33.0 Å². The summed E-state index contributed by atoms with van der Waals surface area (Å²) >= 11 is 3.77. The molecule has 0 saturated carbocycles. The Labute approximate surface area is 265 Å². The van der Waals surface area contributed by atoms with Gasteiger partial charge in [0, 0.05) is 38.7 Å². The van der Waals surface area contributed by atoms with Crippen LogP contribution in [-0.2, 0) is 0 Å². The van der Waals surface area contributed by atoms with Gasteiger partial charge in [-0.2, -0.15) is 0 Å². The number of aromatic nitrogens is 3. The first-order chi connectivity index (χ1) is 21.7. The number of hydrogen-bond acceptors (Lipinski definition) is 4. The Bertz CT molecular complexity index is 1900. The van der Waals surface area contributed by atoms with Crippen molar-refractivity contribution in [3.63, 3.8) is 0 Å². The number of hydrogen-bond donors (Lipinski definition) is 0. The number of para-hydroxylation sites is 1. The number of rotatable bonds is 7. The molecule has 7 aromatic rings. The SMILES string of the molecule is Brc1cc(-c2ccc(N(c3ccccc3)c3cccnc3)cc2)cc(-c2cc(-c3ccccc3)nc(-c3ccccc3)n2)c1. The van der Waals surface area contributed by atoms with Gasteiger partial charge in [-0.25, -0.2) is 9.97 Å². The van der Waals surface area contributed by atoms with Crippen LogP contribution in [0, 0.1) is 0 Å². The van der Waals surface area contributed by atoms with Crippen molar-refractivity contribution in [1.82, 2.24) is 15.0 Å². The molecule has 0 saturated heterocycles. The average Bonchev–Trinajstić information content (AvgIpc) is 3.10. The molecule has 0 bridgehead atoms. The van der Waals surface area contributed by atoms with Crippen molar-refractivity contribution in [2.45, 2.75) is 0 Å². The van der Waals surface area contributed by atoms with Crippen LogP contribution in [0.5, 0.6) is 0 Å². The number of nitrogens with zero attached hydrogens (tertiary/aromatic N) is 4. The van der Waals surface area contributed by atoms with Crippen LogP contribution in [0.15, 0.2) is 169 Å². The molecule has 7 rings (SSSR count). The Morgan fingerprint density at radius 3 is 1.66 bits per heavy atom. The van der Waals surface area contributed by atoms with Crippen LogP contribution in [-0.4, -0.2) is 15.0 Å². The fraction of sp³-hybridized carbons (Fsp3) is 0. The lowest BCUT2D eigenvalue weighted by atomic mass is 10.00. The average molecular weight is 632 g/mol. The summed E-state index contributed by atoms with van der Waals surface area (Å²) in [6.07, 6.45) is 3.68. The zero-order chi connectivity index (χ0) is 29.7. The standard InChI is InChI=1S/C39H27BrN4/c40-33-24-31(28-18-20-35(21-19-28)44(34-15-8-3-9-16-34)36-17-10-22-41-27-36)23-32(25-33)38-26-37(29-11-4-1-5-12-29)42-39(43-38)30-13-6-2-7-14-30/h1-27H. The summed E-state index contributed by atoms with van der Waals surface area (Å²) in [6, 6.07) is 51.9. The Morgan fingerprint density at radius 1 is 0.432 bits per heavy atom. The third-order valence-corrected chi connectivity index (χ3v) is 7.86. The van der Waals surface area contributed by atoms with E-state index < -0.39 is 0 Å². The molecule has 0 spiro atoms. The van der Waals surface area contributed by atoms with Gasteiger partial charge >= 0.3 is 0 Å². The van der Waals surface area contributed by atoms with E-state index in [0.29, 0.717) is 5.82 Å². The second-order valence-corrected chi connectivity index (χ2v) is 11.3. The van der Waals surface area contributed by atoms with E-state index in [2.05, 4.69) is 117 Å². The van der Waals surface area contributed by atoms with Crippen molar-refractivity contribution in [2.24, 2.45) is 0 Å². The van der Waals surface area contributed by atoms with Crippen LogP contribution in [0.3, 0.4) is 0 Å². The Balaban J connectivity index is 1.29. The largest absolute Gasteiger partial charge is 0.309 e. The minimum absolute atomic E-state index is 0.698. The highest BCUT2D eigenvalue weighted by Crippen LogP contribution is 2.37. The van der Waals surface area contributed by atoms with E-state index in [9.17, 15) is 0 Å². The first-order valence-corrected chi connectivity index (χ1v) is 15.2. The summed E-state index contributed by atoms with van der Waals surface area (Å²) in [5.74, 6) is 0.698. The van der Waals surface area contributed by atoms with Crippen molar-refractivity contribution in [3.8, 4) is 45.0 Å². The predicted molar refractivity (Wildman–Crippen MR) is 184 cm³/mol. The molecule has 44 heavy (non-hydrogen) atoms. The smallest absolute Gasteiger partial charge is 0.160 e. The van der Waals surface area contributed by atoms with Gasteiger partial charge in [-0.15, -0.1) is 0 Å². The van der Waals surface area contributed by atoms with Gasteiger partial charge in [0.1, 0.15) is 0 Å². The van der Waals surface area contributed by atoms with E-state index in [1.165, 1.54) is 0 Å². The molecule has 0 radical (unpaired) electrons. The highest BCUT2D eigenvalue weighted by atomic mass is 79.9. The quantitative estimate of drug-likeness (QED) is 0.176. The molecule has 4 nitrogen and oxygen atoms in total. The molecule has 2 heterocycles. The molecule has 0 fully saturated rings. The molecular formula is C39H27BrN4. The lowest BCUT2D eigenvalue weighted by molar-refractivity contribution is 1.18. The zero-order valence-electron chi connectivity index (χ0n) is 23.8. The van der Waals surface area contributed by atoms with Gasteiger partial charge in [0.05, 0.1) is 23.3 Å². The van der Waals surface area contributed by atoms with Crippen molar-refractivity contribution in [3.05, 3.63) is 169 Å². The fourth-order valence-corrected chi connectivity index (χ4v) is 5.78. The van der Waals surface area contributed by atoms with Crippen molar-refractivity contribution < 1.29 is 0 Å². The summed E-state index contributed by atoms with van der Waals surface area (Å²) < 4.78 is 0.983. The molecule has 0 atom stereocenters. The lowest BCUT2D eigenvalue weighted by Gasteiger charge is -2.25. The monoisotopic (exact) mass is 630 g/mol. The molecule has 0 N–H and O–H groups in total. The summed E-state index contributed by atoms with van der Waals surface area (Å²) in [7, 11) is 0. The van der Waals surface area contributed by atoms with E-state index in [0.717, 1.165) is 60.7 Å². The van der Waals surface area contributed by atoms with E-state index >= 15 is 0 Å². The Kier molecular flexibility index (Phi) is 7.77. The minimum Gasteiger partial charge on any atom is -0.309 e. The molecule has 5 heteroatoms. The fourth-order valence-electron chi connectivity index (χ4n) is 5.29. The van der Waals surface area contributed by atoms with Gasteiger partial charge in [0.2, 0.25) is 0 Å². The number of pyridine rings is 1. The molecule has 2 aromatic heterocycles. The van der Waals surface area contributed by atoms with Crippen LogP contribution in [0.25, 0.3) is 45.0 Å². The summed E-state index contributed by atoms with van der Waals surface area (Å²) in [6.45, 7) is 0. The molecule has 5 aromatic carbocycles. The van der Waals surface area contributed by atoms with Crippen molar-refractivity contribution in [1.29, 1.82) is 0 Å². The highest BCUT2D eigenvalue weighted by molar-refractivity contribution is 9.10. The molecule has 0 aliphatic rings. The van der Waals surface area contributed by atoms with E-state index in [4.69, 9.17) is 9.97 Å². The van der Waals surface area contributed by atoms with Gasteiger partial charge in [-0.1, -0.05) is 107 Å². The molecule has 0 aliphatic carbocycles. The van der Waals surface area contributed by atoms with E-state index in [-0.39, 0.29) is 0 Å². The number of anilines is 3. The second-order valence-electron chi connectivity index (χ2n) is 10.4. The third-order valence-electron chi connectivity index (χ3n) is 7.40. The van der Waals surface area contributed by atoms with Crippen LogP contribution in [0.4, 0.5) is 17.1 Å².